The van der Waals surface area contributed by atoms with Crippen LogP contribution in [-0.2, 0) is 0 Å². The van der Waals surface area contributed by atoms with Gasteiger partial charge < -0.3 is 9.84 Å². The van der Waals surface area contributed by atoms with Crippen LogP contribution in [0.5, 0.6) is 0 Å². The van der Waals surface area contributed by atoms with Crippen LogP contribution < -0.4 is 5.32 Å². The van der Waals surface area contributed by atoms with Crippen LogP contribution >= 0.6 is 23.2 Å². The molecule has 0 unspecified atom stereocenters. The quantitative estimate of drug-likeness (QED) is 0.451. The van der Waals surface area contributed by atoms with Gasteiger partial charge in [-0.25, -0.2) is 0 Å². The monoisotopic (exact) mass is 409 g/mol. The highest BCUT2D eigenvalue weighted by atomic mass is 35.5. The Kier molecular flexibility index (Phi) is 5.10. The van der Waals surface area contributed by atoms with Gasteiger partial charge in [-0.05, 0) is 36.4 Å². The van der Waals surface area contributed by atoms with Crippen molar-refractivity contribution >= 4 is 34.8 Å². The molecule has 138 valence electrons. The van der Waals surface area contributed by atoms with E-state index in [4.69, 9.17) is 27.7 Å². The van der Waals surface area contributed by atoms with E-state index in [1.165, 1.54) is 0 Å². The maximum Gasteiger partial charge on any atom is 0.260 e. The van der Waals surface area contributed by atoms with Crippen LogP contribution in [0, 0.1) is 0 Å². The van der Waals surface area contributed by atoms with E-state index in [2.05, 4.69) is 15.5 Å². The third kappa shape index (κ3) is 3.63. The van der Waals surface area contributed by atoms with Gasteiger partial charge in [-0.2, -0.15) is 4.98 Å². The highest BCUT2D eigenvalue weighted by Gasteiger charge is 2.17. The van der Waals surface area contributed by atoms with E-state index in [1.807, 2.05) is 24.3 Å². The fraction of sp³-hybridized carbons (Fsp3) is 0. The normalized spacial score (nSPS) is 10.6. The summed E-state index contributed by atoms with van der Waals surface area (Å²) >= 11 is 12.3. The zero-order chi connectivity index (χ0) is 19.5. The number of aromatic nitrogens is 2. The van der Waals surface area contributed by atoms with Gasteiger partial charge in [0, 0.05) is 5.56 Å². The summed E-state index contributed by atoms with van der Waals surface area (Å²) < 4.78 is 5.41. The predicted molar refractivity (Wildman–Crippen MR) is 110 cm³/mol. The Labute approximate surface area is 170 Å². The third-order valence-corrected chi connectivity index (χ3v) is 4.72. The van der Waals surface area contributed by atoms with Crippen molar-refractivity contribution in [3.8, 4) is 22.8 Å². The lowest BCUT2D eigenvalue weighted by Crippen LogP contribution is -2.13. The first-order valence-electron chi connectivity index (χ1n) is 8.37. The molecule has 1 heterocycles. The summed E-state index contributed by atoms with van der Waals surface area (Å²) in [6.07, 6.45) is 0. The number of amides is 1. The molecule has 3 aromatic carbocycles. The van der Waals surface area contributed by atoms with Crippen molar-refractivity contribution in [1.82, 2.24) is 10.1 Å². The summed E-state index contributed by atoms with van der Waals surface area (Å²) in [7, 11) is 0. The minimum absolute atomic E-state index is 0.268. The highest BCUT2D eigenvalue weighted by molar-refractivity contribution is 6.34. The van der Waals surface area contributed by atoms with Crippen molar-refractivity contribution in [3.63, 3.8) is 0 Å². The zero-order valence-corrected chi connectivity index (χ0v) is 15.9. The van der Waals surface area contributed by atoms with Crippen molar-refractivity contribution in [3.05, 3.63) is 88.4 Å². The first-order valence-corrected chi connectivity index (χ1v) is 9.13. The number of para-hydroxylation sites is 1. The molecule has 0 aliphatic rings. The lowest BCUT2D eigenvalue weighted by atomic mass is 10.1. The molecule has 0 fully saturated rings. The number of carbonyl (C=O) groups excluding carboxylic acids is 1. The molecule has 28 heavy (non-hydrogen) atoms. The molecule has 0 saturated carbocycles. The number of hydrogen-bond donors (Lipinski definition) is 1. The molecule has 1 amide bonds. The Balaban J connectivity index is 1.67. The second-order valence-electron chi connectivity index (χ2n) is 5.88. The highest BCUT2D eigenvalue weighted by Crippen LogP contribution is 2.31. The Bertz CT molecular complexity index is 1160. The number of nitrogens with zero attached hydrogens (tertiary/aromatic N) is 2. The van der Waals surface area contributed by atoms with Crippen molar-refractivity contribution in [1.29, 1.82) is 0 Å². The second kappa shape index (κ2) is 7.84. The van der Waals surface area contributed by atoms with E-state index >= 15 is 0 Å². The standard InChI is InChI=1S/C21H13Cl2N3O2/c22-16-10-4-1-7-13(16)19-25-21(28-26-19)15-9-3-6-12-18(15)24-20(27)14-8-2-5-11-17(14)23/h1-12H,(H,24,27). The van der Waals surface area contributed by atoms with Crippen LogP contribution in [0.4, 0.5) is 5.69 Å². The van der Waals surface area contributed by atoms with Gasteiger partial charge in [0.1, 0.15) is 0 Å². The molecule has 0 bridgehead atoms. The summed E-state index contributed by atoms with van der Waals surface area (Å²) in [4.78, 5) is 17.0. The lowest BCUT2D eigenvalue weighted by Gasteiger charge is -2.09. The maximum absolute atomic E-state index is 12.6. The molecule has 0 aliphatic heterocycles. The molecule has 0 saturated heterocycles. The first-order chi connectivity index (χ1) is 13.6. The van der Waals surface area contributed by atoms with Gasteiger partial charge >= 0.3 is 0 Å². The van der Waals surface area contributed by atoms with Gasteiger partial charge in [0.2, 0.25) is 5.82 Å². The molecular formula is C21H13Cl2N3O2. The largest absolute Gasteiger partial charge is 0.334 e. The average Bonchev–Trinajstić information content (AvgIpc) is 3.19. The summed E-state index contributed by atoms with van der Waals surface area (Å²) in [5, 5.41) is 7.76. The molecule has 4 aromatic rings. The van der Waals surface area contributed by atoms with Gasteiger partial charge in [0.05, 0.1) is 26.9 Å². The minimum atomic E-state index is -0.330. The van der Waals surface area contributed by atoms with E-state index < -0.39 is 0 Å². The van der Waals surface area contributed by atoms with Gasteiger partial charge in [-0.3, -0.25) is 4.79 Å². The van der Waals surface area contributed by atoms with Gasteiger partial charge in [-0.1, -0.05) is 64.8 Å². The fourth-order valence-corrected chi connectivity index (χ4v) is 3.14. The van der Waals surface area contributed by atoms with Crippen molar-refractivity contribution in [2.75, 3.05) is 5.32 Å². The molecule has 1 N–H and O–H groups in total. The van der Waals surface area contributed by atoms with Crippen LogP contribution in [0.25, 0.3) is 22.8 Å². The maximum atomic E-state index is 12.6. The number of anilines is 1. The van der Waals surface area contributed by atoms with E-state index in [-0.39, 0.29) is 11.8 Å². The molecule has 5 nitrogen and oxygen atoms in total. The zero-order valence-electron chi connectivity index (χ0n) is 14.4. The molecular weight excluding hydrogens is 397 g/mol. The predicted octanol–water partition coefficient (Wildman–Crippen LogP) is 5.96. The second-order valence-corrected chi connectivity index (χ2v) is 6.70. The number of rotatable bonds is 4. The van der Waals surface area contributed by atoms with Crippen LogP contribution in [0.2, 0.25) is 10.0 Å². The lowest BCUT2D eigenvalue weighted by molar-refractivity contribution is 0.102. The molecule has 1 aromatic heterocycles. The van der Waals surface area contributed by atoms with Gasteiger partial charge in [0.15, 0.2) is 0 Å². The molecule has 7 heteroatoms. The van der Waals surface area contributed by atoms with E-state index in [9.17, 15) is 4.79 Å². The smallest absolute Gasteiger partial charge is 0.260 e. The van der Waals surface area contributed by atoms with Gasteiger partial charge in [0.25, 0.3) is 11.8 Å². The first kappa shape index (κ1) is 18.2. The Morgan fingerprint density at radius 3 is 2.21 bits per heavy atom. The molecule has 0 aliphatic carbocycles. The summed E-state index contributed by atoms with van der Waals surface area (Å²) in [6, 6.07) is 21.2. The van der Waals surface area contributed by atoms with E-state index in [0.717, 1.165) is 0 Å². The molecule has 0 radical (unpaired) electrons. The third-order valence-electron chi connectivity index (χ3n) is 4.06. The van der Waals surface area contributed by atoms with Crippen molar-refractivity contribution < 1.29 is 9.32 Å². The summed E-state index contributed by atoms with van der Waals surface area (Å²) in [6.45, 7) is 0. The fourth-order valence-electron chi connectivity index (χ4n) is 2.70. The summed E-state index contributed by atoms with van der Waals surface area (Å²) in [5.41, 5.74) is 2.16. The Hall–Kier alpha value is -3.15. The molecule has 0 atom stereocenters. The number of hydrogen-bond acceptors (Lipinski definition) is 4. The van der Waals surface area contributed by atoms with E-state index in [0.29, 0.717) is 38.2 Å². The topological polar surface area (TPSA) is 68.0 Å². The number of nitrogens with one attached hydrogen (secondary N) is 1. The minimum Gasteiger partial charge on any atom is -0.334 e. The SMILES string of the molecule is O=C(Nc1ccccc1-c1nc(-c2ccccc2Cl)no1)c1ccccc1Cl. The van der Waals surface area contributed by atoms with Crippen LogP contribution in [-0.4, -0.2) is 16.0 Å². The Morgan fingerprint density at radius 1 is 0.821 bits per heavy atom. The van der Waals surface area contributed by atoms with Crippen LogP contribution in [0.1, 0.15) is 10.4 Å². The van der Waals surface area contributed by atoms with Gasteiger partial charge in [-0.15, -0.1) is 0 Å². The van der Waals surface area contributed by atoms with Crippen LogP contribution in [0.15, 0.2) is 77.3 Å². The van der Waals surface area contributed by atoms with Crippen molar-refractivity contribution in [2.45, 2.75) is 0 Å². The van der Waals surface area contributed by atoms with Crippen LogP contribution in [0.3, 0.4) is 0 Å². The summed E-state index contributed by atoms with van der Waals surface area (Å²) in [5.74, 6) is 0.307. The number of benzene rings is 3. The number of carbonyl (C=O) groups is 1. The van der Waals surface area contributed by atoms with E-state index in [1.54, 1.807) is 48.5 Å². The molecule has 0 spiro atoms. The number of halogens is 2. The average molecular weight is 410 g/mol. The van der Waals surface area contributed by atoms with Crippen molar-refractivity contribution in [2.24, 2.45) is 0 Å². The molecule has 4 rings (SSSR count). The Morgan fingerprint density at radius 2 is 1.46 bits per heavy atom.